The van der Waals surface area contributed by atoms with Gasteiger partial charge in [-0.2, -0.15) is 0 Å². The SMILES string of the molecule is CCCNC(C)C(C)(C)CN(C)CCO. The van der Waals surface area contributed by atoms with Gasteiger partial charge in [0.1, 0.15) is 0 Å². The Kier molecular flexibility index (Phi) is 7.14. The highest BCUT2D eigenvalue weighted by Gasteiger charge is 2.26. The van der Waals surface area contributed by atoms with Crippen LogP contribution in [0.3, 0.4) is 0 Å². The van der Waals surface area contributed by atoms with Crippen LogP contribution in [0.15, 0.2) is 0 Å². The zero-order valence-electron chi connectivity index (χ0n) is 11.0. The summed E-state index contributed by atoms with van der Waals surface area (Å²) in [7, 11) is 2.06. The van der Waals surface area contributed by atoms with E-state index in [1.54, 1.807) is 0 Å². The largest absolute Gasteiger partial charge is 0.395 e. The number of hydrogen-bond donors (Lipinski definition) is 2. The van der Waals surface area contributed by atoms with Crippen LogP contribution in [0.5, 0.6) is 0 Å². The van der Waals surface area contributed by atoms with E-state index in [2.05, 4.69) is 45.0 Å². The molecule has 0 saturated carbocycles. The van der Waals surface area contributed by atoms with Gasteiger partial charge < -0.3 is 15.3 Å². The summed E-state index contributed by atoms with van der Waals surface area (Å²) >= 11 is 0. The molecule has 0 saturated heterocycles. The zero-order chi connectivity index (χ0) is 11.9. The van der Waals surface area contributed by atoms with Gasteiger partial charge >= 0.3 is 0 Å². The van der Waals surface area contributed by atoms with Crippen LogP contribution >= 0.6 is 0 Å². The Morgan fingerprint density at radius 2 is 2.00 bits per heavy atom. The number of hydrogen-bond acceptors (Lipinski definition) is 3. The molecule has 0 rings (SSSR count). The van der Waals surface area contributed by atoms with E-state index in [1.165, 1.54) is 6.42 Å². The highest BCUT2D eigenvalue weighted by atomic mass is 16.3. The second kappa shape index (κ2) is 7.20. The van der Waals surface area contributed by atoms with Crippen LogP contribution in [0, 0.1) is 5.41 Å². The van der Waals surface area contributed by atoms with E-state index in [0.717, 1.165) is 19.6 Å². The molecule has 1 atom stereocenters. The molecule has 3 heteroatoms. The van der Waals surface area contributed by atoms with Crippen molar-refractivity contribution in [3.05, 3.63) is 0 Å². The van der Waals surface area contributed by atoms with E-state index in [0.29, 0.717) is 6.04 Å². The van der Waals surface area contributed by atoms with Gasteiger partial charge in [0.05, 0.1) is 6.61 Å². The molecule has 0 aromatic rings. The summed E-state index contributed by atoms with van der Waals surface area (Å²) in [5.74, 6) is 0. The highest BCUT2D eigenvalue weighted by molar-refractivity contribution is 4.83. The minimum Gasteiger partial charge on any atom is -0.395 e. The Balaban J connectivity index is 4.02. The van der Waals surface area contributed by atoms with E-state index >= 15 is 0 Å². The van der Waals surface area contributed by atoms with E-state index in [-0.39, 0.29) is 12.0 Å². The lowest BCUT2D eigenvalue weighted by Crippen LogP contribution is -2.46. The van der Waals surface area contributed by atoms with Crippen LogP contribution in [-0.2, 0) is 0 Å². The van der Waals surface area contributed by atoms with Crippen molar-refractivity contribution in [2.24, 2.45) is 5.41 Å². The lowest BCUT2D eigenvalue weighted by atomic mass is 9.84. The molecule has 2 N–H and O–H groups in total. The third-order valence-corrected chi connectivity index (χ3v) is 3.03. The van der Waals surface area contributed by atoms with Crippen molar-refractivity contribution in [1.29, 1.82) is 0 Å². The first-order chi connectivity index (χ1) is 6.94. The molecule has 0 bridgehead atoms. The Bertz CT molecular complexity index is 160. The zero-order valence-corrected chi connectivity index (χ0v) is 11.0. The lowest BCUT2D eigenvalue weighted by Gasteiger charge is -2.36. The van der Waals surface area contributed by atoms with Crippen molar-refractivity contribution < 1.29 is 5.11 Å². The maximum absolute atomic E-state index is 8.86. The molecule has 0 amide bonds. The van der Waals surface area contributed by atoms with Gasteiger partial charge in [0.15, 0.2) is 0 Å². The number of rotatable bonds is 8. The molecule has 0 aliphatic carbocycles. The number of likely N-dealkylation sites (N-methyl/N-ethyl adjacent to an activating group) is 1. The number of nitrogens with one attached hydrogen (secondary N) is 1. The fraction of sp³-hybridized carbons (Fsp3) is 1.00. The summed E-state index contributed by atoms with van der Waals surface area (Å²) in [6, 6.07) is 0.499. The van der Waals surface area contributed by atoms with Crippen molar-refractivity contribution in [1.82, 2.24) is 10.2 Å². The van der Waals surface area contributed by atoms with Gasteiger partial charge in [-0.3, -0.25) is 0 Å². The lowest BCUT2D eigenvalue weighted by molar-refractivity contribution is 0.142. The van der Waals surface area contributed by atoms with E-state index in [4.69, 9.17) is 5.11 Å². The first-order valence-electron chi connectivity index (χ1n) is 5.96. The van der Waals surface area contributed by atoms with Crippen molar-refractivity contribution in [3.63, 3.8) is 0 Å². The van der Waals surface area contributed by atoms with Crippen molar-refractivity contribution in [2.75, 3.05) is 33.3 Å². The van der Waals surface area contributed by atoms with Gasteiger partial charge in [-0.1, -0.05) is 20.8 Å². The summed E-state index contributed by atoms with van der Waals surface area (Å²) in [5, 5.41) is 12.4. The molecule has 0 aromatic heterocycles. The maximum atomic E-state index is 8.86. The van der Waals surface area contributed by atoms with E-state index in [9.17, 15) is 0 Å². The Hall–Kier alpha value is -0.120. The Morgan fingerprint density at radius 1 is 1.40 bits per heavy atom. The molecule has 1 unspecified atom stereocenters. The molecule has 0 spiro atoms. The molecule has 0 fully saturated rings. The molecule has 0 radical (unpaired) electrons. The van der Waals surface area contributed by atoms with Crippen LogP contribution in [0.25, 0.3) is 0 Å². The average Bonchev–Trinajstić information content (AvgIpc) is 2.13. The van der Waals surface area contributed by atoms with Crippen molar-refractivity contribution >= 4 is 0 Å². The van der Waals surface area contributed by atoms with Gasteiger partial charge in [0.2, 0.25) is 0 Å². The third kappa shape index (κ3) is 6.13. The van der Waals surface area contributed by atoms with Crippen LogP contribution < -0.4 is 5.32 Å². The van der Waals surface area contributed by atoms with Crippen LogP contribution in [0.4, 0.5) is 0 Å². The molecule has 0 aromatic carbocycles. The normalized spacial score (nSPS) is 14.6. The summed E-state index contributed by atoms with van der Waals surface area (Å²) in [6.45, 7) is 12.0. The number of nitrogens with zero attached hydrogens (tertiary/aromatic N) is 1. The third-order valence-electron chi connectivity index (χ3n) is 3.03. The van der Waals surface area contributed by atoms with Gasteiger partial charge in [0.25, 0.3) is 0 Å². The smallest absolute Gasteiger partial charge is 0.0558 e. The minimum atomic E-state index is 0.235. The van der Waals surface area contributed by atoms with Crippen molar-refractivity contribution in [2.45, 2.75) is 40.2 Å². The Morgan fingerprint density at radius 3 is 2.47 bits per heavy atom. The van der Waals surface area contributed by atoms with Gasteiger partial charge in [-0.15, -0.1) is 0 Å². The second-order valence-corrected chi connectivity index (χ2v) is 5.13. The summed E-state index contributed by atoms with van der Waals surface area (Å²) < 4.78 is 0. The number of aliphatic hydroxyl groups excluding tert-OH is 1. The van der Waals surface area contributed by atoms with Gasteiger partial charge in [-0.05, 0) is 32.4 Å². The van der Waals surface area contributed by atoms with E-state index < -0.39 is 0 Å². The molecule has 0 heterocycles. The standard InChI is InChI=1S/C12H28N2O/c1-6-7-13-11(2)12(3,4)10-14(5)8-9-15/h11,13,15H,6-10H2,1-5H3. The first-order valence-corrected chi connectivity index (χ1v) is 5.96. The molecule has 0 aliphatic heterocycles. The van der Waals surface area contributed by atoms with Crippen LogP contribution in [0.1, 0.15) is 34.1 Å². The monoisotopic (exact) mass is 216 g/mol. The minimum absolute atomic E-state index is 0.235. The predicted octanol–water partition coefficient (Wildman–Crippen LogP) is 1.32. The topological polar surface area (TPSA) is 35.5 Å². The summed E-state index contributed by atoms with van der Waals surface area (Å²) in [6.07, 6.45) is 1.17. The highest BCUT2D eigenvalue weighted by Crippen LogP contribution is 2.21. The fourth-order valence-electron chi connectivity index (χ4n) is 1.72. The first kappa shape index (κ1) is 14.9. The quantitative estimate of drug-likeness (QED) is 0.642. The Labute approximate surface area is 94.9 Å². The molecule has 92 valence electrons. The van der Waals surface area contributed by atoms with Crippen LogP contribution in [0.2, 0.25) is 0 Å². The van der Waals surface area contributed by atoms with Gasteiger partial charge in [0, 0.05) is 19.1 Å². The average molecular weight is 216 g/mol. The number of aliphatic hydroxyl groups is 1. The molecular weight excluding hydrogens is 188 g/mol. The maximum Gasteiger partial charge on any atom is 0.0558 e. The molecule has 15 heavy (non-hydrogen) atoms. The van der Waals surface area contributed by atoms with E-state index in [1.807, 2.05) is 0 Å². The molecular formula is C12H28N2O. The molecule has 3 nitrogen and oxygen atoms in total. The fourth-order valence-corrected chi connectivity index (χ4v) is 1.72. The second-order valence-electron chi connectivity index (χ2n) is 5.13. The van der Waals surface area contributed by atoms with Crippen molar-refractivity contribution in [3.8, 4) is 0 Å². The molecule has 0 aliphatic rings. The summed E-state index contributed by atoms with van der Waals surface area (Å²) in [5.41, 5.74) is 0.235. The predicted molar refractivity (Wildman–Crippen MR) is 66.1 cm³/mol. The summed E-state index contributed by atoms with van der Waals surface area (Å²) in [4.78, 5) is 2.18. The van der Waals surface area contributed by atoms with Crippen LogP contribution in [-0.4, -0.2) is 49.3 Å². The van der Waals surface area contributed by atoms with Gasteiger partial charge in [-0.25, -0.2) is 0 Å².